The van der Waals surface area contributed by atoms with Crippen molar-refractivity contribution in [2.75, 3.05) is 0 Å². The van der Waals surface area contributed by atoms with E-state index in [4.69, 9.17) is 0 Å². The van der Waals surface area contributed by atoms with Gasteiger partial charge in [-0.3, -0.25) is 4.90 Å². The number of hydrogen-bond acceptors (Lipinski definition) is 2. The van der Waals surface area contributed by atoms with Crippen molar-refractivity contribution >= 4 is 6.29 Å². The van der Waals surface area contributed by atoms with Crippen LogP contribution in [0.3, 0.4) is 0 Å². The molecule has 0 saturated carbocycles. The molecule has 0 amide bonds. The summed E-state index contributed by atoms with van der Waals surface area (Å²) in [6, 6.07) is 18.4. The Labute approximate surface area is 120 Å². The van der Waals surface area contributed by atoms with E-state index in [1.807, 2.05) is 24.3 Å². The van der Waals surface area contributed by atoms with E-state index >= 15 is 0 Å². The van der Waals surface area contributed by atoms with Crippen LogP contribution in [-0.2, 0) is 16.9 Å². The van der Waals surface area contributed by atoms with Gasteiger partial charge in [0.2, 0.25) is 0 Å². The van der Waals surface area contributed by atoms with Gasteiger partial charge in [-0.15, -0.1) is 0 Å². The standard InChI is InChI=1S/C18H19NO/c1-18(2)16-11-7-6-10-15(16)17(13-20)19(18)12-14-8-4-3-5-9-14/h3-11,13,17H,12H2,1-2H3. The van der Waals surface area contributed by atoms with Crippen LogP contribution in [0.4, 0.5) is 0 Å². The summed E-state index contributed by atoms with van der Waals surface area (Å²) in [5.41, 5.74) is 3.51. The average Bonchev–Trinajstić information content (AvgIpc) is 2.69. The molecule has 0 aromatic heterocycles. The van der Waals surface area contributed by atoms with Crippen molar-refractivity contribution in [2.45, 2.75) is 32.0 Å². The zero-order chi connectivity index (χ0) is 14.2. The lowest BCUT2D eigenvalue weighted by Gasteiger charge is -2.34. The molecule has 0 aliphatic carbocycles. The molecule has 1 atom stereocenters. The number of carbonyl (C=O) groups excluding carboxylic acids is 1. The molecule has 0 N–H and O–H groups in total. The molecule has 2 aromatic carbocycles. The first kappa shape index (κ1) is 13.1. The summed E-state index contributed by atoms with van der Waals surface area (Å²) in [4.78, 5) is 13.9. The number of hydrogen-bond donors (Lipinski definition) is 0. The molecule has 2 nitrogen and oxygen atoms in total. The maximum atomic E-state index is 11.6. The molecule has 1 aliphatic rings. The molecule has 20 heavy (non-hydrogen) atoms. The Morgan fingerprint density at radius 3 is 2.40 bits per heavy atom. The number of benzene rings is 2. The molecule has 0 radical (unpaired) electrons. The fraction of sp³-hybridized carbons (Fsp3) is 0.278. The summed E-state index contributed by atoms with van der Waals surface area (Å²) >= 11 is 0. The largest absolute Gasteiger partial charge is 0.301 e. The number of fused-ring (bicyclic) bond motifs is 1. The lowest BCUT2D eigenvalue weighted by atomic mass is 9.93. The molecular weight excluding hydrogens is 246 g/mol. The van der Waals surface area contributed by atoms with Crippen molar-refractivity contribution in [3.05, 3.63) is 71.3 Å². The molecular formula is C18H19NO. The van der Waals surface area contributed by atoms with Crippen LogP contribution in [0.5, 0.6) is 0 Å². The van der Waals surface area contributed by atoms with E-state index in [1.165, 1.54) is 11.1 Å². The van der Waals surface area contributed by atoms with Crippen molar-refractivity contribution in [1.29, 1.82) is 0 Å². The van der Waals surface area contributed by atoms with Crippen LogP contribution >= 0.6 is 0 Å². The molecule has 0 fully saturated rings. The summed E-state index contributed by atoms with van der Waals surface area (Å²) in [5.74, 6) is 0. The van der Waals surface area contributed by atoms with E-state index in [1.54, 1.807) is 0 Å². The molecule has 1 aliphatic heterocycles. The summed E-state index contributed by atoms with van der Waals surface area (Å²) in [6.07, 6.45) is 1.07. The first-order valence-corrected chi connectivity index (χ1v) is 7.00. The Kier molecular flexibility index (Phi) is 3.19. The average molecular weight is 265 g/mol. The predicted octanol–water partition coefficient (Wildman–Crippen LogP) is 3.68. The van der Waals surface area contributed by atoms with Crippen molar-refractivity contribution in [3.63, 3.8) is 0 Å². The van der Waals surface area contributed by atoms with Crippen LogP contribution < -0.4 is 0 Å². The van der Waals surface area contributed by atoms with Crippen LogP contribution in [-0.4, -0.2) is 11.2 Å². The van der Waals surface area contributed by atoms with Crippen molar-refractivity contribution < 1.29 is 4.79 Å². The van der Waals surface area contributed by atoms with E-state index < -0.39 is 0 Å². The summed E-state index contributed by atoms with van der Waals surface area (Å²) in [7, 11) is 0. The summed E-state index contributed by atoms with van der Waals surface area (Å²) in [6.45, 7) is 5.17. The highest BCUT2D eigenvalue weighted by Gasteiger charge is 2.43. The Morgan fingerprint density at radius 1 is 1.05 bits per heavy atom. The smallest absolute Gasteiger partial charge is 0.141 e. The maximum Gasteiger partial charge on any atom is 0.141 e. The Balaban J connectivity index is 2.01. The van der Waals surface area contributed by atoms with Crippen LogP contribution in [0.25, 0.3) is 0 Å². The number of aldehydes is 1. The molecule has 102 valence electrons. The van der Waals surface area contributed by atoms with Crippen molar-refractivity contribution in [2.24, 2.45) is 0 Å². The lowest BCUT2D eigenvalue weighted by molar-refractivity contribution is -0.114. The minimum absolute atomic E-state index is 0.127. The van der Waals surface area contributed by atoms with Gasteiger partial charge in [-0.1, -0.05) is 54.6 Å². The number of rotatable bonds is 3. The molecule has 1 heterocycles. The van der Waals surface area contributed by atoms with Crippen molar-refractivity contribution in [1.82, 2.24) is 4.90 Å². The van der Waals surface area contributed by atoms with E-state index in [2.05, 4.69) is 49.1 Å². The Hall–Kier alpha value is -1.93. The van der Waals surface area contributed by atoms with Gasteiger partial charge in [-0.25, -0.2) is 0 Å². The first-order valence-electron chi connectivity index (χ1n) is 7.00. The third kappa shape index (κ3) is 1.97. The third-order valence-corrected chi connectivity index (χ3v) is 4.32. The van der Waals surface area contributed by atoms with Gasteiger partial charge in [0.25, 0.3) is 0 Å². The second-order valence-electron chi connectivity index (χ2n) is 5.84. The monoisotopic (exact) mass is 265 g/mol. The van der Waals surface area contributed by atoms with Crippen molar-refractivity contribution in [3.8, 4) is 0 Å². The molecule has 1 unspecified atom stereocenters. The van der Waals surface area contributed by atoms with Gasteiger partial charge >= 0.3 is 0 Å². The van der Waals surface area contributed by atoms with Gasteiger partial charge in [0.05, 0.1) is 6.04 Å². The zero-order valence-electron chi connectivity index (χ0n) is 11.9. The highest BCUT2D eigenvalue weighted by atomic mass is 16.1. The highest BCUT2D eigenvalue weighted by Crippen LogP contribution is 2.45. The predicted molar refractivity (Wildman–Crippen MR) is 80.3 cm³/mol. The first-order chi connectivity index (χ1) is 9.64. The molecule has 0 saturated heterocycles. The minimum atomic E-state index is -0.151. The second-order valence-corrected chi connectivity index (χ2v) is 5.84. The van der Waals surface area contributed by atoms with E-state index in [-0.39, 0.29) is 11.6 Å². The van der Waals surface area contributed by atoms with Gasteiger partial charge in [0, 0.05) is 12.1 Å². The molecule has 2 heteroatoms. The highest BCUT2D eigenvalue weighted by molar-refractivity contribution is 5.66. The number of nitrogens with zero attached hydrogens (tertiary/aromatic N) is 1. The molecule has 3 rings (SSSR count). The fourth-order valence-electron chi connectivity index (χ4n) is 3.21. The van der Waals surface area contributed by atoms with Crippen LogP contribution in [0.15, 0.2) is 54.6 Å². The second kappa shape index (κ2) is 4.88. The summed E-state index contributed by atoms with van der Waals surface area (Å²) in [5, 5.41) is 0. The van der Waals surface area contributed by atoms with Crippen LogP contribution in [0.2, 0.25) is 0 Å². The summed E-state index contributed by atoms with van der Waals surface area (Å²) < 4.78 is 0. The van der Waals surface area contributed by atoms with Gasteiger partial charge in [0.1, 0.15) is 6.29 Å². The molecule has 0 bridgehead atoms. The Bertz CT molecular complexity index is 618. The van der Waals surface area contributed by atoms with E-state index in [0.717, 1.165) is 18.4 Å². The Morgan fingerprint density at radius 2 is 1.70 bits per heavy atom. The van der Waals surface area contributed by atoms with Gasteiger partial charge in [-0.2, -0.15) is 0 Å². The minimum Gasteiger partial charge on any atom is -0.301 e. The van der Waals surface area contributed by atoms with Crippen LogP contribution in [0.1, 0.15) is 36.6 Å². The molecule has 2 aromatic rings. The van der Waals surface area contributed by atoms with Gasteiger partial charge in [0.15, 0.2) is 0 Å². The van der Waals surface area contributed by atoms with Crippen LogP contribution in [0, 0.1) is 0 Å². The van der Waals surface area contributed by atoms with E-state index in [9.17, 15) is 4.79 Å². The third-order valence-electron chi connectivity index (χ3n) is 4.32. The quantitative estimate of drug-likeness (QED) is 0.789. The number of carbonyl (C=O) groups is 1. The topological polar surface area (TPSA) is 20.3 Å². The van der Waals surface area contributed by atoms with Gasteiger partial charge in [-0.05, 0) is 30.5 Å². The lowest BCUT2D eigenvalue weighted by Crippen LogP contribution is -2.37. The maximum absolute atomic E-state index is 11.6. The fourth-order valence-corrected chi connectivity index (χ4v) is 3.21. The normalized spacial score (nSPS) is 20.6. The molecule has 0 spiro atoms. The zero-order valence-corrected chi connectivity index (χ0v) is 11.9. The SMILES string of the molecule is CC1(C)c2ccccc2C(C=O)N1Cc1ccccc1. The van der Waals surface area contributed by atoms with E-state index in [0.29, 0.717) is 0 Å². The van der Waals surface area contributed by atoms with Gasteiger partial charge < -0.3 is 4.79 Å².